The maximum atomic E-state index is 13.3. The summed E-state index contributed by atoms with van der Waals surface area (Å²) in [4.78, 5) is 12.9. The molecule has 3 N–H and O–H groups in total. The predicted octanol–water partition coefficient (Wildman–Crippen LogP) is 4.78. The molecule has 0 spiro atoms. The molecule has 0 fully saturated rings. The van der Waals surface area contributed by atoms with Gasteiger partial charge in [-0.1, -0.05) is 45.0 Å². The molecule has 0 aliphatic carbocycles. The molecule has 0 aliphatic heterocycles. The molecule has 2 aromatic heterocycles. The van der Waals surface area contributed by atoms with Crippen LogP contribution in [0.2, 0.25) is 0 Å². The third-order valence-electron chi connectivity index (χ3n) is 5.62. The van der Waals surface area contributed by atoms with Gasteiger partial charge < -0.3 is 19.3 Å². The summed E-state index contributed by atoms with van der Waals surface area (Å²) in [5.41, 5.74) is 1.88. The molecule has 11 nitrogen and oxygen atoms in total. The van der Waals surface area contributed by atoms with E-state index in [1.807, 2.05) is 12.1 Å². The first-order chi connectivity index (χ1) is 19.1. The summed E-state index contributed by atoms with van der Waals surface area (Å²) in [6.07, 6.45) is 3.11. The van der Waals surface area contributed by atoms with Crippen molar-refractivity contribution in [2.75, 3.05) is 29.8 Å². The molecule has 0 bridgehead atoms. The number of hydrogen-bond donors (Lipinski definition) is 3. The van der Waals surface area contributed by atoms with Gasteiger partial charge in [-0.2, -0.15) is 13.4 Å². The number of aliphatic hydroxyl groups excluding tert-OH is 1. The zero-order valence-electron chi connectivity index (χ0n) is 22.6. The highest BCUT2D eigenvalue weighted by atomic mass is 32.2. The summed E-state index contributed by atoms with van der Waals surface area (Å²) in [5.74, 6) is 0.401. The van der Waals surface area contributed by atoms with Gasteiger partial charge in [0.15, 0.2) is 23.1 Å². The van der Waals surface area contributed by atoms with Gasteiger partial charge in [0.05, 0.1) is 19.4 Å². The second kappa shape index (κ2) is 12.2. The first kappa shape index (κ1) is 28.6. The minimum Gasteiger partial charge on any atom is -0.493 e. The van der Waals surface area contributed by atoms with Crippen molar-refractivity contribution >= 4 is 21.7 Å². The number of aromatic nitrogens is 3. The van der Waals surface area contributed by atoms with Crippen molar-refractivity contribution in [3.8, 4) is 34.5 Å². The monoisotopic (exact) mass is 565 g/mol. The molecule has 0 amide bonds. The molecule has 40 heavy (non-hydrogen) atoms. The molecular formula is C28H31N5O6S. The average molecular weight is 566 g/mol. The van der Waals surface area contributed by atoms with E-state index in [9.17, 15) is 13.5 Å². The zero-order chi connectivity index (χ0) is 28.8. The standard InChI is InChI=1S/C28H31N5O6S/c1-28(2,3)20-9-11-21(12-10-20)32-40(35,36)33-26-24(39-23-8-6-5-7-22(23)37-4)27(38-18-17-34)31-25(30-26)19-13-15-29-16-14-19/h5-16,32,34H,17-18H2,1-4H3,(H,30,31,33). The molecule has 0 unspecified atom stereocenters. The summed E-state index contributed by atoms with van der Waals surface area (Å²) in [6.45, 7) is 5.78. The molecule has 0 saturated carbocycles. The minimum atomic E-state index is -4.22. The van der Waals surface area contributed by atoms with Crippen LogP contribution in [0.3, 0.4) is 0 Å². The Bertz CT molecular complexity index is 1540. The Hall–Kier alpha value is -4.42. The van der Waals surface area contributed by atoms with E-state index in [0.717, 1.165) is 5.56 Å². The lowest BCUT2D eigenvalue weighted by atomic mass is 9.87. The van der Waals surface area contributed by atoms with E-state index in [0.29, 0.717) is 17.0 Å². The van der Waals surface area contributed by atoms with E-state index in [1.54, 1.807) is 60.9 Å². The topological polar surface area (TPSA) is 145 Å². The number of rotatable bonds is 11. The summed E-state index contributed by atoms with van der Waals surface area (Å²) in [5, 5.41) is 9.41. The van der Waals surface area contributed by atoms with Crippen LogP contribution < -0.4 is 23.7 Å². The molecule has 2 heterocycles. The fraction of sp³-hybridized carbons (Fsp3) is 0.250. The van der Waals surface area contributed by atoms with Crippen LogP contribution in [0.5, 0.6) is 23.1 Å². The van der Waals surface area contributed by atoms with Crippen molar-refractivity contribution in [1.29, 1.82) is 0 Å². The van der Waals surface area contributed by atoms with Crippen molar-refractivity contribution in [2.45, 2.75) is 26.2 Å². The molecule has 12 heteroatoms. The van der Waals surface area contributed by atoms with Gasteiger partial charge in [0.25, 0.3) is 5.88 Å². The quantitative estimate of drug-likeness (QED) is 0.234. The smallest absolute Gasteiger partial charge is 0.322 e. The number of methoxy groups -OCH3 is 1. The van der Waals surface area contributed by atoms with Crippen LogP contribution in [-0.4, -0.2) is 48.8 Å². The Kier molecular flexibility index (Phi) is 8.70. The van der Waals surface area contributed by atoms with Crippen molar-refractivity contribution in [3.05, 3.63) is 78.6 Å². The number of anilines is 2. The van der Waals surface area contributed by atoms with Gasteiger partial charge in [-0.3, -0.25) is 9.71 Å². The Balaban J connectivity index is 1.78. The first-order valence-corrected chi connectivity index (χ1v) is 13.9. The SMILES string of the molecule is COc1ccccc1Oc1c(NS(=O)(=O)Nc2ccc(C(C)(C)C)cc2)nc(-c2ccncc2)nc1OCCO. The van der Waals surface area contributed by atoms with E-state index < -0.39 is 10.2 Å². The number of nitrogens with one attached hydrogen (secondary N) is 2. The van der Waals surface area contributed by atoms with Gasteiger partial charge in [-0.25, -0.2) is 9.71 Å². The molecule has 4 aromatic rings. The first-order valence-electron chi connectivity index (χ1n) is 12.4. The minimum absolute atomic E-state index is 0.0876. The fourth-order valence-electron chi connectivity index (χ4n) is 3.62. The molecule has 0 saturated heterocycles. The van der Waals surface area contributed by atoms with Gasteiger partial charge >= 0.3 is 10.2 Å². The molecule has 0 aliphatic rings. The van der Waals surface area contributed by atoms with E-state index in [2.05, 4.69) is 45.2 Å². The molecule has 210 valence electrons. The van der Waals surface area contributed by atoms with Crippen molar-refractivity contribution in [3.63, 3.8) is 0 Å². The Morgan fingerprint density at radius 1 is 0.900 bits per heavy atom. The normalized spacial score (nSPS) is 11.5. The number of nitrogens with zero attached hydrogens (tertiary/aromatic N) is 3. The van der Waals surface area contributed by atoms with E-state index in [4.69, 9.17) is 14.2 Å². The number of ether oxygens (including phenoxy) is 3. The lowest BCUT2D eigenvalue weighted by Crippen LogP contribution is -2.23. The highest BCUT2D eigenvalue weighted by molar-refractivity contribution is 7.94. The van der Waals surface area contributed by atoms with E-state index in [1.165, 1.54) is 7.11 Å². The maximum Gasteiger partial charge on any atom is 0.322 e. The van der Waals surface area contributed by atoms with Crippen molar-refractivity contribution in [2.24, 2.45) is 0 Å². The number of para-hydroxylation sites is 2. The van der Waals surface area contributed by atoms with Crippen LogP contribution in [0.4, 0.5) is 11.5 Å². The molecule has 0 atom stereocenters. The van der Waals surface area contributed by atoms with Gasteiger partial charge in [0.2, 0.25) is 5.75 Å². The van der Waals surface area contributed by atoms with Crippen LogP contribution in [0.1, 0.15) is 26.3 Å². The lowest BCUT2D eigenvalue weighted by molar-refractivity contribution is 0.192. The Morgan fingerprint density at radius 2 is 1.57 bits per heavy atom. The van der Waals surface area contributed by atoms with Crippen LogP contribution in [-0.2, 0) is 15.6 Å². The van der Waals surface area contributed by atoms with Crippen LogP contribution in [0.15, 0.2) is 73.1 Å². The fourth-order valence-corrected chi connectivity index (χ4v) is 4.51. The highest BCUT2D eigenvalue weighted by Gasteiger charge is 2.25. The van der Waals surface area contributed by atoms with Crippen molar-refractivity contribution < 1.29 is 27.7 Å². The molecular weight excluding hydrogens is 534 g/mol. The van der Waals surface area contributed by atoms with Crippen LogP contribution in [0.25, 0.3) is 11.4 Å². The predicted molar refractivity (Wildman–Crippen MR) is 152 cm³/mol. The Morgan fingerprint density at radius 3 is 2.20 bits per heavy atom. The highest BCUT2D eigenvalue weighted by Crippen LogP contribution is 2.41. The number of pyridine rings is 1. The summed E-state index contributed by atoms with van der Waals surface area (Å²) >= 11 is 0. The van der Waals surface area contributed by atoms with Gasteiger partial charge in [0.1, 0.15) is 6.61 Å². The second-order valence-corrected chi connectivity index (χ2v) is 11.0. The largest absolute Gasteiger partial charge is 0.493 e. The summed E-state index contributed by atoms with van der Waals surface area (Å²) in [7, 11) is -2.74. The zero-order valence-corrected chi connectivity index (χ0v) is 23.4. The van der Waals surface area contributed by atoms with Gasteiger partial charge in [-0.15, -0.1) is 0 Å². The molecule has 4 rings (SSSR count). The third kappa shape index (κ3) is 7.16. The number of benzene rings is 2. The average Bonchev–Trinajstić information content (AvgIpc) is 2.93. The summed E-state index contributed by atoms with van der Waals surface area (Å²) in [6, 6.07) is 17.2. The Labute approximate surface area is 233 Å². The van der Waals surface area contributed by atoms with E-state index >= 15 is 0 Å². The van der Waals surface area contributed by atoms with Crippen LogP contribution in [0, 0.1) is 0 Å². The summed E-state index contributed by atoms with van der Waals surface area (Å²) < 4.78 is 48.7. The lowest BCUT2D eigenvalue weighted by Gasteiger charge is -2.20. The van der Waals surface area contributed by atoms with Crippen molar-refractivity contribution in [1.82, 2.24) is 15.0 Å². The van der Waals surface area contributed by atoms with Crippen LogP contribution >= 0.6 is 0 Å². The number of aliphatic hydroxyl groups is 1. The third-order valence-corrected chi connectivity index (χ3v) is 6.58. The van der Waals surface area contributed by atoms with Gasteiger partial charge in [-0.05, 0) is 47.4 Å². The molecule has 0 radical (unpaired) electrons. The number of hydrogen-bond acceptors (Lipinski definition) is 9. The maximum absolute atomic E-state index is 13.3. The van der Waals surface area contributed by atoms with Gasteiger partial charge in [0, 0.05) is 18.0 Å². The van der Waals surface area contributed by atoms with E-state index in [-0.39, 0.29) is 47.7 Å². The molecule has 2 aromatic carbocycles. The second-order valence-electron chi connectivity index (χ2n) is 9.63.